The third-order valence-electron chi connectivity index (χ3n) is 4.71. The van der Waals surface area contributed by atoms with Crippen molar-refractivity contribution < 1.29 is 14.7 Å². The fourth-order valence-corrected chi connectivity index (χ4v) is 3.33. The summed E-state index contributed by atoms with van der Waals surface area (Å²) in [4.78, 5) is 24.8. The lowest BCUT2D eigenvalue weighted by molar-refractivity contribution is -0.145. The van der Waals surface area contributed by atoms with E-state index >= 15 is 0 Å². The van der Waals surface area contributed by atoms with Gasteiger partial charge in [0.15, 0.2) is 0 Å². The summed E-state index contributed by atoms with van der Waals surface area (Å²) in [7, 11) is 0. The molecule has 114 valence electrons. The van der Waals surface area contributed by atoms with Gasteiger partial charge >= 0.3 is 5.97 Å². The summed E-state index contributed by atoms with van der Waals surface area (Å²) in [5, 5.41) is 12.3. The van der Waals surface area contributed by atoms with Gasteiger partial charge in [-0.05, 0) is 37.5 Å². The second kappa shape index (κ2) is 6.12. The number of piperidine rings is 1. The van der Waals surface area contributed by atoms with Crippen LogP contribution < -0.4 is 5.32 Å². The highest BCUT2D eigenvalue weighted by Gasteiger charge is 2.31. The maximum atomic E-state index is 12.1. The van der Waals surface area contributed by atoms with Crippen molar-refractivity contribution >= 4 is 11.9 Å². The number of carboxylic acids is 1. The zero-order chi connectivity index (χ0) is 14.8. The minimum atomic E-state index is -0.733. The minimum absolute atomic E-state index is 0.110. The van der Waals surface area contributed by atoms with E-state index in [-0.39, 0.29) is 11.8 Å². The van der Waals surface area contributed by atoms with Crippen LogP contribution in [0.25, 0.3) is 0 Å². The van der Waals surface area contributed by atoms with Gasteiger partial charge in [0.1, 0.15) is 0 Å². The Morgan fingerprint density at radius 3 is 2.40 bits per heavy atom. The number of nitrogens with one attached hydrogen (secondary N) is 1. The predicted molar refractivity (Wildman–Crippen MR) is 76.4 cm³/mol. The van der Waals surface area contributed by atoms with Gasteiger partial charge in [0.05, 0.1) is 12.5 Å². The molecule has 1 heterocycles. The quantitative estimate of drug-likeness (QED) is 0.819. The highest BCUT2D eigenvalue weighted by Crippen LogP contribution is 2.36. The normalized spacial score (nSPS) is 26.7. The molecule has 0 aromatic rings. The molecule has 2 N–H and O–H groups in total. The van der Waals surface area contributed by atoms with Crippen LogP contribution in [0.1, 0.15) is 46.0 Å². The summed E-state index contributed by atoms with van der Waals surface area (Å²) < 4.78 is 0. The van der Waals surface area contributed by atoms with Crippen LogP contribution in [0.15, 0.2) is 0 Å². The molecule has 5 heteroatoms. The van der Waals surface area contributed by atoms with Crippen LogP contribution in [0.2, 0.25) is 0 Å². The van der Waals surface area contributed by atoms with Crippen LogP contribution in [-0.2, 0) is 9.59 Å². The molecule has 1 aliphatic heterocycles. The molecule has 0 radical (unpaired) electrons. The van der Waals surface area contributed by atoms with Crippen molar-refractivity contribution in [3.63, 3.8) is 0 Å². The molecule has 0 aromatic heterocycles. The van der Waals surface area contributed by atoms with E-state index in [0.29, 0.717) is 43.9 Å². The zero-order valence-corrected chi connectivity index (χ0v) is 12.5. The maximum Gasteiger partial charge on any atom is 0.306 e. The number of aliphatic carboxylic acids is 1. The fraction of sp³-hybridized carbons (Fsp3) is 0.867. The van der Waals surface area contributed by atoms with Crippen molar-refractivity contribution in [2.45, 2.75) is 52.0 Å². The SMILES string of the molecule is CC1(C)CCC(NCC(=O)N2CCC(C(=O)O)CC2)C1. The Hall–Kier alpha value is -1.10. The lowest BCUT2D eigenvalue weighted by atomic mass is 9.92. The Balaban J connectivity index is 1.70. The van der Waals surface area contributed by atoms with Crippen molar-refractivity contribution in [1.29, 1.82) is 0 Å². The summed E-state index contributed by atoms with van der Waals surface area (Å²) in [6, 6.07) is 0.450. The third kappa shape index (κ3) is 3.95. The van der Waals surface area contributed by atoms with Crippen LogP contribution in [0.5, 0.6) is 0 Å². The lowest BCUT2D eigenvalue weighted by Gasteiger charge is -2.30. The van der Waals surface area contributed by atoms with Gasteiger partial charge in [-0.1, -0.05) is 13.8 Å². The Bertz CT molecular complexity index is 373. The Morgan fingerprint density at radius 2 is 1.90 bits per heavy atom. The van der Waals surface area contributed by atoms with Crippen LogP contribution in [0, 0.1) is 11.3 Å². The van der Waals surface area contributed by atoms with E-state index < -0.39 is 5.97 Å². The highest BCUT2D eigenvalue weighted by molar-refractivity contribution is 5.79. The molecule has 1 saturated heterocycles. The molecule has 1 unspecified atom stereocenters. The van der Waals surface area contributed by atoms with Gasteiger partial charge in [0.25, 0.3) is 0 Å². The molecule has 2 aliphatic rings. The van der Waals surface area contributed by atoms with Gasteiger partial charge in [0.2, 0.25) is 5.91 Å². The molecule has 2 rings (SSSR count). The molecule has 2 fully saturated rings. The van der Waals surface area contributed by atoms with E-state index in [2.05, 4.69) is 19.2 Å². The van der Waals surface area contributed by atoms with Gasteiger partial charge in [-0.25, -0.2) is 0 Å². The van der Waals surface area contributed by atoms with Crippen LogP contribution in [0.3, 0.4) is 0 Å². The molecule has 1 amide bonds. The number of rotatable bonds is 4. The van der Waals surface area contributed by atoms with Gasteiger partial charge in [-0.3, -0.25) is 9.59 Å². The zero-order valence-electron chi connectivity index (χ0n) is 12.5. The Morgan fingerprint density at radius 1 is 1.25 bits per heavy atom. The second-order valence-electron chi connectivity index (χ2n) is 6.98. The largest absolute Gasteiger partial charge is 0.481 e. The highest BCUT2D eigenvalue weighted by atomic mass is 16.4. The van der Waals surface area contributed by atoms with Crippen LogP contribution >= 0.6 is 0 Å². The topological polar surface area (TPSA) is 69.6 Å². The van der Waals surface area contributed by atoms with E-state index in [1.807, 2.05) is 0 Å². The van der Waals surface area contributed by atoms with Crippen molar-refractivity contribution in [3.8, 4) is 0 Å². The molecule has 1 saturated carbocycles. The van der Waals surface area contributed by atoms with Crippen molar-refractivity contribution in [2.24, 2.45) is 11.3 Å². The molecule has 1 aliphatic carbocycles. The lowest BCUT2D eigenvalue weighted by Crippen LogP contribution is -2.45. The van der Waals surface area contributed by atoms with E-state index in [0.717, 1.165) is 12.8 Å². The molecule has 20 heavy (non-hydrogen) atoms. The first kappa shape index (κ1) is 15.3. The number of hydrogen-bond donors (Lipinski definition) is 2. The summed E-state index contributed by atoms with van der Waals surface area (Å²) in [6.07, 6.45) is 4.64. The summed E-state index contributed by atoms with van der Waals surface area (Å²) in [5.74, 6) is -0.899. The molecule has 0 spiro atoms. The molecule has 0 bridgehead atoms. The summed E-state index contributed by atoms with van der Waals surface area (Å²) in [6.45, 7) is 6.08. The first-order valence-corrected chi connectivity index (χ1v) is 7.61. The van der Waals surface area contributed by atoms with Gasteiger partial charge in [-0.2, -0.15) is 0 Å². The van der Waals surface area contributed by atoms with Gasteiger partial charge in [0, 0.05) is 19.1 Å². The van der Waals surface area contributed by atoms with E-state index in [1.54, 1.807) is 4.90 Å². The van der Waals surface area contributed by atoms with E-state index in [4.69, 9.17) is 5.11 Å². The molecule has 5 nitrogen and oxygen atoms in total. The van der Waals surface area contributed by atoms with Crippen molar-refractivity contribution in [1.82, 2.24) is 10.2 Å². The predicted octanol–water partition coefficient (Wildman–Crippen LogP) is 1.48. The summed E-state index contributed by atoms with van der Waals surface area (Å²) in [5.41, 5.74) is 0.389. The first-order chi connectivity index (χ1) is 9.37. The summed E-state index contributed by atoms with van der Waals surface area (Å²) >= 11 is 0. The average molecular weight is 282 g/mol. The van der Waals surface area contributed by atoms with Crippen molar-refractivity contribution in [3.05, 3.63) is 0 Å². The van der Waals surface area contributed by atoms with Crippen molar-refractivity contribution in [2.75, 3.05) is 19.6 Å². The van der Waals surface area contributed by atoms with Crippen LogP contribution in [-0.4, -0.2) is 47.6 Å². The average Bonchev–Trinajstić information content (AvgIpc) is 2.75. The third-order valence-corrected chi connectivity index (χ3v) is 4.71. The number of carbonyl (C=O) groups is 2. The standard InChI is InChI=1S/C15H26N2O3/c1-15(2)6-3-12(9-15)16-10-13(18)17-7-4-11(5-8-17)14(19)20/h11-12,16H,3-10H2,1-2H3,(H,19,20). The first-order valence-electron chi connectivity index (χ1n) is 7.61. The van der Waals surface area contributed by atoms with E-state index in [9.17, 15) is 9.59 Å². The number of likely N-dealkylation sites (tertiary alicyclic amines) is 1. The Kier molecular flexibility index (Phi) is 4.68. The number of carboxylic acid groups (broad SMARTS) is 1. The monoisotopic (exact) mass is 282 g/mol. The number of carbonyl (C=O) groups excluding carboxylic acids is 1. The molecule has 1 atom stereocenters. The number of nitrogens with zero attached hydrogens (tertiary/aromatic N) is 1. The molecular weight excluding hydrogens is 256 g/mol. The second-order valence-corrected chi connectivity index (χ2v) is 6.98. The number of amides is 1. The maximum absolute atomic E-state index is 12.1. The molecular formula is C15H26N2O3. The Labute approximate surface area is 120 Å². The molecule has 0 aromatic carbocycles. The fourth-order valence-electron chi connectivity index (χ4n) is 3.33. The van der Waals surface area contributed by atoms with Crippen LogP contribution in [0.4, 0.5) is 0 Å². The minimum Gasteiger partial charge on any atom is -0.481 e. The van der Waals surface area contributed by atoms with Gasteiger partial charge < -0.3 is 15.3 Å². The smallest absolute Gasteiger partial charge is 0.306 e. The van der Waals surface area contributed by atoms with Gasteiger partial charge in [-0.15, -0.1) is 0 Å². The number of hydrogen-bond acceptors (Lipinski definition) is 3. The van der Waals surface area contributed by atoms with E-state index in [1.165, 1.54) is 6.42 Å².